The van der Waals surface area contributed by atoms with Crippen LogP contribution in [0.2, 0.25) is 0 Å². The number of hydrogen-bond donors (Lipinski definition) is 3. The molecule has 0 bridgehead atoms. The Morgan fingerprint density at radius 1 is 1.44 bits per heavy atom. The number of benzene rings is 1. The van der Waals surface area contributed by atoms with Gasteiger partial charge in [-0.15, -0.1) is 0 Å². The molecule has 1 aromatic rings. The maximum atomic E-state index is 11.7. The highest BCUT2D eigenvalue weighted by atomic mass is 16.3. The zero-order valence-corrected chi connectivity index (χ0v) is 10.4. The number of phenols is 1. The first-order valence-electron chi connectivity index (χ1n) is 5.56. The highest BCUT2D eigenvalue weighted by Crippen LogP contribution is 2.20. The molecule has 6 nitrogen and oxygen atoms in total. The van der Waals surface area contributed by atoms with E-state index in [4.69, 9.17) is 5.73 Å². The Hall–Kier alpha value is -2.24. The summed E-state index contributed by atoms with van der Waals surface area (Å²) in [6.45, 7) is 2.35. The summed E-state index contributed by atoms with van der Waals surface area (Å²) < 4.78 is 0. The molecule has 0 atom stereocenters. The number of likely N-dealkylation sites (N-methyl/N-ethyl adjacent to an activating group) is 1. The minimum absolute atomic E-state index is 0.0751. The topological polar surface area (TPSA) is 95.7 Å². The average molecular weight is 251 g/mol. The summed E-state index contributed by atoms with van der Waals surface area (Å²) in [6.07, 6.45) is 0. The smallest absolute Gasteiger partial charge is 0.251 e. The molecule has 0 aliphatic rings. The SMILES string of the molecule is CCN(C)C(=O)CNC(=O)c1ccc(N)c(O)c1. The van der Waals surface area contributed by atoms with Crippen LogP contribution >= 0.6 is 0 Å². The third-order valence-corrected chi connectivity index (χ3v) is 2.59. The summed E-state index contributed by atoms with van der Waals surface area (Å²) in [5.41, 5.74) is 5.89. The molecule has 0 aromatic heterocycles. The van der Waals surface area contributed by atoms with Crippen molar-refractivity contribution in [3.63, 3.8) is 0 Å². The molecule has 0 unspecified atom stereocenters. The summed E-state index contributed by atoms with van der Waals surface area (Å²) in [6, 6.07) is 4.18. The third-order valence-electron chi connectivity index (χ3n) is 2.59. The second-order valence-electron chi connectivity index (χ2n) is 3.86. The maximum Gasteiger partial charge on any atom is 0.251 e. The highest BCUT2D eigenvalue weighted by Gasteiger charge is 2.11. The molecule has 1 aromatic carbocycles. The molecule has 0 radical (unpaired) electrons. The molecule has 0 aliphatic carbocycles. The van der Waals surface area contributed by atoms with Crippen molar-refractivity contribution in [3.8, 4) is 5.75 Å². The molecule has 18 heavy (non-hydrogen) atoms. The van der Waals surface area contributed by atoms with Gasteiger partial charge in [-0.05, 0) is 25.1 Å². The van der Waals surface area contributed by atoms with Crippen LogP contribution in [0.15, 0.2) is 18.2 Å². The lowest BCUT2D eigenvalue weighted by Crippen LogP contribution is -2.37. The first kappa shape index (κ1) is 13.8. The summed E-state index contributed by atoms with van der Waals surface area (Å²) in [5.74, 6) is -0.756. The van der Waals surface area contributed by atoms with Crippen LogP contribution in [-0.4, -0.2) is 42.0 Å². The minimum atomic E-state index is -0.428. The Morgan fingerprint density at radius 2 is 2.11 bits per heavy atom. The van der Waals surface area contributed by atoms with E-state index in [-0.39, 0.29) is 29.5 Å². The lowest BCUT2D eigenvalue weighted by atomic mass is 10.2. The van der Waals surface area contributed by atoms with E-state index in [1.807, 2.05) is 6.92 Å². The van der Waals surface area contributed by atoms with Crippen LogP contribution < -0.4 is 11.1 Å². The van der Waals surface area contributed by atoms with Gasteiger partial charge in [0.05, 0.1) is 12.2 Å². The highest BCUT2D eigenvalue weighted by molar-refractivity contribution is 5.97. The molecule has 0 spiro atoms. The number of amides is 2. The van der Waals surface area contributed by atoms with Crippen LogP contribution in [0.5, 0.6) is 5.75 Å². The number of aromatic hydroxyl groups is 1. The zero-order chi connectivity index (χ0) is 13.7. The van der Waals surface area contributed by atoms with Gasteiger partial charge in [-0.25, -0.2) is 0 Å². The molecule has 4 N–H and O–H groups in total. The lowest BCUT2D eigenvalue weighted by Gasteiger charge is -2.14. The number of carbonyl (C=O) groups excluding carboxylic acids is 2. The van der Waals surface area contributed by atoms with E-state index in [2.05, 4.69) is 5.32 Å². The van der Waals surface area contributed by atoms with E-state index >= 15 is 0 Å². The van der Waals surface area contributed by atoms with Crippen molar-refractivity contribution >= 4 is 17.5 Å². The third kappa shape index (κ3) is 3.38. The van der Waals surface area contributed by atoms with Gasteiger partial charge in [-0.3, -0.25) is 9.59 Å². The largest absolute Gasteiger partial charge is 0.506 e. The number of anilines is 1. The van der Waals surface area contributed by atoms with Gasteiger partial charge >= 0.3 is 0 Å². The number of rotatable bonds is 4. The van der Waals surface area contributed by atoms with Gasteiger partial charge in [0, 0.05) is 19.2 Å². The zero-order valence-electron chi connectivity index (χ0n) is 10.4. The predicted octanol–water partition coefficient (Wildman–Crippen LogP) is 0.182. The number of hydrogen-bond acceptors (Lipinski definition) is 4. The Morgan fingerprint density at radius 3 is 2.67 bits per heavy atom. The summed E-state index contributed by atoms with van der Waals surface area (Å²) in [5, 5.41) is 11.9. The number of carbonyl (C=O) groups is 2. The van der Waals surface area contributed by atoms with Gasteiger partial charge < -0.3 is 21.1 Å². The fourth-order valence-corrected chi connectivity index (χ4v) is 1.25. The average Bonchev–Trinajstić information content (AvgIpc) is 2.37. The molecule has 98 valence electrons. The van der Waals surface area contributed by atoms with Crippen molar-refractivity contribution < 1.29 is 14.7 Å². The van der Waals surface area contributed by atoms with E-state index in [0.717, 1.165) is 0 Å². The van der Waals surface area contributed by atoms with Crippen molar-refractivity contribution in [2.24, 2.45) is 0 Å². The number of nitrogens with zero attached hydrogens (tertiary/aromatic N) is 1. The first-order valence-corrected chi connectivity index (χ1v) is 5.56. The van der Waals surface area contributed by atoms with Crippen molar-refractivity contribution in [1.29, 1.82) is 0 Å². The van der Waals surface area contributed by atoms with Gasteiger partial charge in [0.2, 0.25) is 5.91 Å². The van der Waals surface area contributed by atoms with E-state index in [9.17, 15) is 14.7 Å². The van der Waals surface area contributed by atoms with Crippen LogP contribution in [0.1, 0.15) is 17.3 Å². The summed E-state index contributed by atoms with van der Waals surface area (Å²) >= 11 is 0. The van der Waals surface area contributed by atoms with E-state index < -0.39 is 5.91 Å². The Bertz CT molecular complexity index is 460. The quantitative estimate of drug-likeness (QED) is 0.525. The van der Waals surface area contributed by atoms with Gasteiger partial charge in [0.1, 0.15) is 5.75 Å². The van der Waals surface area contributed by atoms with Gasteiger partial charge in [-0.2, -0.15) is 0 Å². The second kappa shape index (κ2) is 5.90. The predicted molar refractivity (Wildman–Crippen MR) is 68.2 cm³/mol. The van der Waals surface area contributed by atoms with Crippen LogP contribution in [0.25, 0.3) is 0 Å². The van der Waals surface area contributed by atoms with Gasteiger partial charge in [0.15, 0.2) is 0 Å². The Balaban J connectivity index is 2.60. The lowest BCUT2D eigenvalue weighted by molar-refractivity contribution is -0.128. The molecule has 6 heteroatoms. The summed E-state index contributed by atoms with van der Waals surface area (Å²) in [7, 11) is 1.66. The van der Waals surface area contributed by atoms with Crippen molar-refractivity contribution in [2.45, 2.75) is 6.92 Å². The van der Waals surface area contributed by atoms with Crippen LogP contribution in [0.4, 0.5) is 5.69 Å². The Kier molecular flexibility index (Phi) is 4.53. The molecule has 0 saturated carbocycles. The van der Waals surface area contributed by atoms with Crippen molar-refractivity contribution in [2.75, 3.05) is 25.9 Å². The van der Waals surface area contributed by atoms with E-state index in [1.54, 1.807) is 7.05 Å². The fourth-order valence-electron chi connectivity index (χ4n) is 1.25. The molecular weight excluding hydrogens is 234 g/mol. The fraction of sp³-hybridized carbons (Fsp3) is 0.333. The first-order chi connectivity index (χ1) is 8.45. The minimum Gasteiger partial charge on any atom is -0.506 e. The second-order valence-corrected chi connectivity index (χ2v) is 3.86. The van der Waals surface area contributed by atoms with Gasteiger partial charge in [0.25, 0.3) is 5.91 Å². The maximum absolute atomic E-state index is 11.7. The standard InChI is InChI=1S/C12H17N3O3/c1-3-15(2)11(17)7-14-12(18)8-4-5-9(13)10(16)6-8/h4-6,16H,3,7,13H2,1-2H3,(H,14,18). The summed E-state index contributed by atoms with van der Waals surface area (Å²) in [4.78, 5) is 24.7. The monoisotopic (exact) mass is 251 g/mol. The number of nitrogens with one attached hydrogen (secondary N) is 1. The molecule has 0 fully saturated rings. The van der Waals surface area contributed by atoms with Gasteiger partial charge in [-0.1, -0.05) is 0 Å². The van der Waals surface area contributed by atoms with Crippen molar-refractivity contribution in [1.82, 2.24) is 10.2 Å². The van der Waals surface area contributed by atoms with Crippen molar-refractivity contribution in [3.05, 3.63) is 23.8 Å². The number of nitrogens with two attached hydrogens (primary N) is 1. The molecule has 2 amide bonds. The Labute approximate surface area is 105 Å². The van der Waals surface area contributed by atoms with E-state index in [0.29, 0.717) is 6.54 Å². The molecule has 0 aliphatic heterocycles. The molecule has 0 heterocycles. The van der Waals surface area contributed by atoms with Crippen LogP contribution in [0, 0.1) is 0 Å². The van der Waals surface area contributed by atoms with E-state index in [1.165, 1.54) is 23.1 Å². The normalized spacial score (nSPS) is 9.89. The number of phenolic OH excluding ortho intramolecular Hbond substituents is 1. The number of nitrogen functional groups attached to an aromatic ring is 1. The molecular formula is C12H17N3O3. The van der Waals surface area contributed by atoms with Crippen LogP contribution in [-0.2, 0) is 4.79 Å². The molecule has 1 rings (SSSR count). The molecule has 0 saturated heterocycles. The van der Waals surface area contributed by atoms with Crippen LogP contribution in [0.3, 0.4) is 0 Å².